The van der Waals surface area contributed by atoms with Crippen LogP contribution in [0.25, 0.3) is 0 Å². The van der Waals surface area contributed by atoms with Gasteiger partial charge in [-0.1, -0.05) is 11.6 Å². The van der Waals surface area contributed by atoms with Gasteiger partial charge in [0.05, 0.1) is 28.1 Å². The molecule has 0 saturated carbocycles. The van der Waals surface area contributed by atoms with E-state index in [2.05, 4.69) is 11.8 Å². The zero-order valence-electron chi connectivity index (χ0n) is 12.9. The molecule has 21 heavy (non-hydrogen) atoms. The number of carbonyl (C=O) groups is 1. The van der Waals surface area contributed by atoms with E-state index >= 15 is 0 Å². The minimum absolute atomic E-state index is 0.167. The van der Waals surface area contributed by atoms with Crippen LogP contribution in [0.1, 0.15) is 50.4 Å². The lowest BCUT2D eigenvalue weighted by atomic mass is 10.0. The summed E-state index contributed by atoms with van der Waals surface area (Å²) in [6, 6.07) is 3.72. The Morgan fingerprint density at radius 1 is 1.43 bits per heavy atom. The summed E-state index contributed by atoms with van der Waals surface area (Å²) >= 11 is 6.38. The minimum Gasteiger partial charge on any atom is -0.459 e. The van der Waals surface area contributed by atoms with Gasteiger partial charge in [-0.05, 0) is 52.2 Å². The van der Waals surface area contributed by atoms with Crippen LogP contribution < -0.4 is 10.6 Å². The smallest absolute Gasteiger partial charge is 0.338 e. The van der Waals surface area contributed by atoms with E-state index in [9.17, 15) is 4.79 Å². The summed E-state index contributed by atoms with van der Waals surface area (Å²) in [4.78, 5) is 14.2. The fraction of sp³-hybridized carbons (Fsp3) is 0.562. The van der Waals surface area contributed by atoms with Gasteiger partial charge in [0.15, 0.2) is 0 Å². The highest BCUT2D eigenvalue weighted by Gasteiger charge is 2.24. The summed E-state index contributed by atoms with van der Waals surface area (Å²) in [5.74, 6) is -0.392. The second-order valence-electron chi connectivity index (χ2n) is 5.89. The lowest BCUT2D eigenvalue weighted by molar-refractivity contribution is 0.0378. The van der Waals surface area contributed by atoms with Gasteiger partial charge in [0.25, 0.3) is 0 Å². The van der Waals surface area contributed by atoms with Crippen molar-refractivity contribution in [1.82, 2.24) is 0 Å². The molecule has 1 atom stereocenters. The van der Waals surface area contributed by atoms with Crippen LogP contribution in [0, 0.1) is 0 Å². The predicted molar refractivity (Wildman–Crippen MR) is 87.1 cm³/mol. The molecule has 0 bridgehead atoms. The maximum absolute atomic E-state index is 12.0. The average molecular weight is 311 g/mol. The summed E-state index contributed by atoms with van der Waals surface area (Å²) in [6.45, 7) is 6.75. The van der Waals surface area contributed by atoms with Crippen molar-refractivity contribution in [2.24, 2.45) is 0 Å². The molecule has 1 aromatic carbocycles. The maximum Gasteiger partial charge on any atom is 0.338 e. The van der Waals surface area contributed by atoms with E-state index in [0.29, 0.717) is 22.3 Å². The molecule has 5 heteroatoms. The van der Waals surface area contributed by atoms with E-state index < -0.39 is 5.97 Å². The first-order chi connectivity index (χ1) is 9.90. The second kappa shape index (κ2) is 6.56. The van der Waals surface area contributed by atoms with Crippen molar-refractivity contribution in [1.29, 1.82) is 0 Å². The van der Waals surface area contributed by atoms with Crippen LogP contribution in [-0.4, -0.2) is 24.7 Å². The third-order valence-corrected chi connectivity index (χ3v) is 4.05. The van der Waals surface area contributed by atoms with Crippen LogP contribution in [0.2, 0.25) is 5.02 Å². The van der Waals surface area contributed by atoms with Crippen LogP contribution in [-0.2, 0) is 4.74 Å². The summed E-state index contributed by atoms with van der Waals surface area (Å²) in [5.41, 5.74) is 7.92. The Morgan fingerprint density at radius 3 is 2.71 bits per heavy atom. The SMILES string of the molecule is CC(C)OC(=O)c1cc(N)c(N2CCCC[C@H]2C)c(Cl)c1. The Kier molecular flexibility index (Phi) is 4.99. The van der Waals surface area contributed by atoms with Crippen molar-refractivity contribution >= 4 is 28.9 Å². The van der Waals surface area contributed by atoms with Gasteiger partial charge in [-0.25, -0.2) is 4.79 Å². The maximum atomic E-state index is 12.0. The number of nitrogen functional groups attached to an aromatic ring is 1. The molecule has 1 aliphatic rings. The largest absolute Gasteiger partial charge is 0.459 e. The van der Waals surface area contributed by atoms with E-state index in [-0.39, 0.29) is 6.10 Å². The third-order valence-electron chi connectivity index (χ3n) is 3.76. The molecule has 1 aromatic rings. The van der Waals surface area contributed by atoms with Crippen molar-refractivity contribution in [3.05, 3.63) is 22.7 Å². The zero-order chi connectivity index (χ0) is 15.6. The highest BCUT2D eigenvalue weighted by Crippen LogP contribution is 2.37. The molecule has 0 aliphatic carbocycles. The summed E-state index contributed by atoms with van der Waals surface area (Å²) in [6.07, 6.45) is 3.33. The predicted octanol–water partition coefficient (Wildman–Crippen LogP) is 3.87. The highest BCUT2D eigenvalue weighted by atomic mass is 35.5. The lowest BCUT2D eigenvalue weighted by Crippen LogP contribution is -2.38. The van der Waals surface area contributed by atoms with Crippen molar-refractivity contribution in [3.8, 4) is 0 Å². The van der Waals surface area contributed by atoms with Crippen molar-refractivity contribution in [3.63, 3.8) is 0 Å². The zero-order valence-corrected chi connectivity index (χ0v) is 13.6. The molecular weight excluding hydrogens is 288 g/mol. The molecule has 0 aromatic heterocycles. The fourth-order valence-corrected chi connectivity index (χ4v) is 3.09. The van der Waals surface area contributed by atoms with E-state index in [4.69, 9.17) is 22.1 Å². The van der Waals surface area contributed by atoms with E-state index in [0.717, 1.165) is 25.1 Å². The Bertz CT molecular complexity index is 508. The Morgan fingerprint density at radius 2 is 2.14 bits per heavy atom. The van der Waals surface area contributed by atoms with Crippen LogP contribution in [0.5, 0.6) is 0 Å². The molecule has 4 nitrogen and oxygen atoms in total. The van der Waals surface area contributed by atoms with Crippen molar-refractivity contribution in [2.45, 2.75) is 52.2 Å². The van der Waals surface area contributed by atoms with Gasteiger partial charge in [-0.15, -0.1) is 0 Å². The molecule has 2 rings (SSSR count). The van der Waals surface area contributed by atoms with Gasteiger partial charge < -0.3 is 15.4 Å². The number of carbonyl (C=O) groups excluding carboxylic acids is 1. The van der Waals surface area contributed by atoms with Crippen LogP contribution >= 0.6 is 11.6 Å². The summed E-state index contributed by atoms with van der Waals surface area (Å²) in [7, 11) is 0. The Balaban J connectivity index is 2.31. The first kappa shape index (κ1) is 16.0. The summed E-state index contributed by atoms with van der Waals surface area (Å²) in [5, 5.41) is 0.513. The van der Waals surface area contributed by atoms with Gasteiger partial charge >= 0.3 is 5.97 Å². The van der Waals surface area contributed by atoms with Gasteiger partial charge in [-0.2, -0.15) is 0 Å². The molecule has 1 saturated heterocycles. The molecule has 0 unspecified atom stereocenters. The van der Waals surface area contributed by atoms with E-state index in [1.54, 1.807) is 12.1 Å². The molecule has 2 N–H and O–H groups in total. The topological polar surface area (TPSA) is 55.6 Å². The molecule has 0 amide bonds. The fourth-order valence-electron chi connectivity index (χ4n) is 2.75. The number of rotatable bonds is 3. The number of hydrogen-bond acceptors (Lipinski definition) is 4. The van der Waals surface area contributed by atoms with Gasteiger partial charge in [-0.3, -0.25) is 0 Å². The molecular formula is C16H23ClN2O2. The minimum atomic E-state index is -0.392. The standard InChI is InChI=1S/C16H23ClN2O2/c1-10(2)21-16(20)12-8-13(17)15(14(18)9-12)19-7-5-4-6-11(19)3/h8-11H,4-7,18H2,1-3H3/t11-/m1/s1. The number of nitrogens with two attached hydrogens (primary N) is 1. The second-order valence-corrected chi connectivity index (χ2v) is 6.30. The Hall–Kier alpha value is -1.42. The molecule has 116 valence electrons. The molecule has 1 aliphatic heterocycles. The highest BCUT2D eigenvalue weighted by molar-refractivity contribution is 6.34. The van der Waals surface area contributed by atoms with Gasteiger partial charge in [0, 0.05) is 12.6 Å². The number of hydrogen-bond donors (Lipinski definition) is 1. The normalized spacial score (nSPS) is 18.9. The number of benzene rings is 1. The first-order valence-corrected chi connectivity index (χ1v) is 7.84. The van der Waals surface area contributed by atoms with Crippen LogP contribution in [0.3, 0.4) is 0 Å². The van der Waals surface area contributed by atoms with E-state index in [1.807, 2.05) is 13.8 Å². The third kappa shape index (κ3) is 3.62. The number of halogens is 1. The van der Waals surface area contributed by atoms with Crippen LogP contribution in [0.15, 0.2) is 12.1 Å². The van der Waals surface area contributed by atoms with E-state index in [1.165, 1.54) is 6.42 Å². The van der Waals surface area contributed by atoms with Gasteiger partial charge in [0.1, 0.15) is 0 Å². The number of anilines is 2. The molecule has 1 fully saturated rings. The quantitative estimate of drug-likeness (QED) is 0.680. The molecule has 0 radical (unpaired) electrons. The lowest BCUT2D eigenvalue weighted by Gasteiger charge is -2.36. The van der Waals surface area contributed by atoms with Crippen molar-refractivity contribution < 1.29 is 9.53 Å². The average Bonchev–Trinajstić information content (AvgIpc) is 2.39. The van der Waals surface area contributed by atoms with Gasteiger partial charge in [0.2, 0.25) is 0 Å². The van der Waals surface area contributed by atoms with Crippen molar-refractivity contribution in [2.75, 3.05) is 17.2 Å². The number of piperidine rings is 1. The Labute approximate surface area is 131 Å². The first-order valence-electron chi connectivity index (χ1n) is 7.46. The van der Waals surface area contributed by atoms with Crippen LogP contribution in [0.4, 0.5) is 11.4 Å². The summed E-state index contributed by atoms with van der Waals surface area (Å²) < 4.78 is 5.19. The number of ether oxygens (including phenoxy) is 1. The monoisotopic (exact) mass is 310 g/mol. The molecule has 1 heterocycles. The number of esters is 1. The number of nitrogens with zero attached hydrogens (tertiary/aromatic N) is 1. The molecule has 0 spiro atoms.